The standard InChI is InChI=1S/C8H11N3/c9-8(3-1-4-8)7-10-5-2-6-11-7/h2,5-6H,1,3-4,9H2. The topological polar surface area (TPSA) is 51.8 Å². The van der Waals surface area contributed by atoms with Crippen LogP contribution in [0.2, 0.25) is 0 Å². The van der Waals surface area contributed by atoms with Crippen molar-refractivity contribution in [2.24, 2.45) is 5.73 Å². The Hall–Kier alpha value is -0.960. The Balaban J connectivity index is 2.29. The third kappa shape index (κ3) is 1.01. The molecule has 0 unspecified atom stereocenters. The molecule has 1 aliphatic carbocycles. The van der Waals surface area contributed by atoms with Crippen LogP contribution in [0.25, 0.3) is 0 Å². The molecule has 1 aliphatic rings. The zero-order valence-corrected chi connectivity index (χ0v) is 6.33. The highest BCUT2D eigenvalue weighted by molar-refractivity contribution is 5.09. The second-order valence-electron chi connectivity index (χ2n) is 3.08. The van der Waals surface area contributed by atoms with Crippen LogP contribution in [0, 0.1) is 0 Å². The molecule has 0 spiro atoms. The van der Waals surface area contributed by atoms with E-state index in [2.05, 4.69) is 9.97 Å². The fourth-order valence-electron chi connectivity index (χ4n) is 1.34. The Labute approximate surface area is 65.7 Å². The van der Waals surface area contributed by atoms with E-state index < -0.39 is 0 Å². The molecule has 0 aromatic carbocycles. The first-order valence-electron chi connectivity index (χ1n) is 3.88. The van der Waals surface area contributed by atoms with Gasteiger partial charge in [-0.1, -0.05) is 0 Å². The van der Waals surface area contributed by atoms with Crippen molar-refractivity contribution in [2.45, 2.75) is 24.8 Å². The van der Waals surface area contributed by atoms with Gasteiger partial charge in [0.2, 0.25) is 0 Å². The van der Waals surface area contributed by atoms with E-state index in [0.717, 1.165) is 18.7 Å². The van der Waals surface area contributed by atoms with Gasteiger partial charge in [-0.2, -0.15) is 0 Å². The van der Waals surface area contributed by atoms with Crippen molar-refractivity contribution in [1.82, 2.24) is 9.97 Å². The van der Waals surface area contributed by atoms with Crippen LogP contribution >= 0.6 is 0 Å². The predicted octanol–water partition coefficient (Wildman–Crippen LogP) is 0.814. The minimum absolute atomic E-state index is 0.207. The summed E-state index contributed by atoms with van der Waals surface area (Å²) < 4.78 is 0. The summed E-state index contributed by atoms with van der Waals surface area (Å²) >= 11 is 0. The number of hydrogen-bond donors (Lipinski definition) is 1. The Morgan fingerprint density at radius 3 is 2.36 bits per heavy atom. The van der Waals surface area contributed by atoms with Crippen LogP contribution in [0.1, 0.15) is 25.1 Å². The molecule has 1 heterocycles. The molecule has 3 nitrogen and oxygen atoms in total. The zero-order valence-electron chi connectivity index (χ0n) is 6.33. The van der Waals surface area contributed by atoms with Gasteiger partial charge in [-0.3, -0.25) is 0 Å². The molecule has 1 aromatic rings. The average Bonchev–Trinajstić information content (AvgIpc) is 2.02. The van der Waals surface area contributed by atoms with E-state index in [4.69, 9.17) is 5.73 Å². The zero-order chi connectivity index (χ0) is 7.73. The Kier molecular flexibility index (Phi) is 1.39. The lowest BCUT2D eigenvalue weighted by molar-refractivity contribution is 0.238. The summed E-state index contributed by atoms with van der Waals surface area (Å²) in [6.07, 6.45) is 6.74. The van der Waals surface area contributed by atoms with Gasteiger partial charge in [-0.25, -0.2) is 9.97 Å². The van der Waals surface area contributed by atoms with E-state index in [-0.39, 0.29) is 5.54 Å². The Morgan fingerprint density at radius 2 is 1.91 bits per heavy atom. The van der Waals surface area contributed by atoms with Crippen LogP contribution < -0.4 is 5.73 Å². The van der Waals surface area contributed by atoms with Crippen molar-refractivity contribution in [2.75, 3.05) is 0 Å². The second-order valence-corrected chi connectivity index (χ2v) is 3.08. The quantitative estimate of drug-likeness (QED) is 0.643. The average molecular weight is 149 g/mol. The van der Waals surface area contributed by atoms with Crippen molar-refractivity contribution < 1.29 is 0 Å². The third-order valence-corrected chi connectivity index (χ3v) is 2.26. The van der Waals surface area contributed by atoms with Crippen LogP contribution in [0.3, 0.4) is 0 Å². The van der Waals surface area contributed by atoms with E-state index in [1.807, 2.05) is 6.07 Å². The monoisotopic (exact) mass is 149 g/mol. The van der Waals surface area contributed by atoms with Gasteiger partial charge in [0.1, 0.15) is 5.82 Å². The van der Waals surface area contributed by atoms with Gasteiger partial charge in [0.05, 0.1) is 5.54 Å². The molecule has 3 heteroatoms. The van der Waals surface area contributed by atoms with Gasteiger partial charge in [0.25, 0.3) is 0 Å². The molecule has 2 N–H and O–H groups in total. The smallest absolute Gasteiger partial charge is 0.147 e. The molecule has 11 heavy (non-hydrogen) atoms. The van der Waals surface area contributed by atoms with Crippen molar-refractivity contribution in [3.63, 3.8) is 0 Å². The first kappa shape index (κ1) is 6.73. The number of hydrogen-bond acceptors (Lipinski definition) is 3. The molecule has 0 aliphatic heterocycles. The largest absolute Gasteiger partial charge is 0.319 e. The minimum atomic E-state index is -0.207. The van der Waals surface area contributed by atoms with E-state index in [0.29, 0.717) is 0 Å². The van der Waals surface area contributed by atoms with Crippen LogP contribution in [-0.2, 0) is 5.54 Å². The van der Waals surface area contributed by atoms with Gasteiger partial charge in [0.15, 0.2) is 0 Å². The van der Waals surface area contributed by atoms with Gasteiger partial charge >= 0.3 is 0 Å². The maximum Gasteiger partial charge on any atom is 0.147 e. The van der Waals surface area contributed by atoms with Crippen molar-refractivity contribution in [1.29, 1.82) is 0 Å². The summed E-state index contributed by atoms with van der Waals surface area (Å²) in [5.41, 5.74) is 5.79. The highest BCUT2D eigenvalue weighted by Gasteiger charge is 2.36. The van der Waals surface area contributed by atoms with Gasteiger partial charge in [-0.05, 0) is 25.3 Å². The van der Waals surface area contributed by atoms with E-state index in [9.17, 15) is 0 Å². The maximum atomic E-state index is 6.00. The highest BCUT2D eigenvalue weighted by Crippen LogP contribution is 2.36. The predicted molar refractivity (Wildman–Crippen MR) is 41.7 cm³/mol. The van der Waals surface area contributed by atoms with E-state index in [1.165, 1.54) is 6.42 Å². The number of nitrogens with two attached hydrogens (primary N) is 1. The second kappa shape index (κ2) is 2.27. The van der Waals surface area contributed by atoms with Crippen molar-refractivity contribution in [3.05, 3.63) is 24.3 Å². The minimum Gasteiger partial charge on any atom is -0.319 e. The molecule has 0 amide bonds. The molecule has 0 saturated heterocycles. The van der Waals surface area contributed by atoms with Crippen molar-refractivity contribution in [3.8, 4) is 0 Å². The lowest BCUT2D eigenvalue weighted by atomic mass is 9.77. The van der Waals surface area contributed by atoms with Crippen LogP contribution in [0.15, 0.2) is 18.5 Å². The number of rotatable bonds is 1. The fourth-order valence-corrected chi connectivity index (χ4v) is 1.34. The molecule has 0 atom stereocenters. The van der Waals surface area contributed by atoms with Gasteiger partial charge < -0.3 is 5.73 Å². The molecular weight excluding hydrogens is 138 g/mol. The first-order chi connectivity index (χ1) is 5.31. The summed E-state index contributed by atoms with van der Waals surface area (Å²) in [6.45, 7) is 0. The van der Waals surface area contributed by atoms with Crippen LogP contribution in [0.5, 0.6) is 0 Å². The van der Waals surface area contributed by atoms with E-state index >= 15 is 0 Å². The summed E-state index contributed by atoms with van der Waals surface area (Å²) in [7, 11) is 0. The van der Waals surface area contributed by atoms with E-state index in [1.54, 1.807) is 12.4 Å². The van der Waals surface area contributed by atoms with Crippen LogP contribution in [-0.4, -0.2) is 9.97 Å². The van der Waals surface area contributed by atoms with Gasteiger partial charge in [0, 0.05) is 12.4 Å². The fraction of sp³-hybridized carbons (Fsp3) is 0.500. The lowest BCUT2D eigenvalue weighted by Gasteiger charge is -2.36. The molecule has 2 rings (SSSR count). The first-order valence-corrected chi connectivity index (χ1v) is 3.88. The number of aromatic nitrogens is 2. The molecule has 0 radical (unpaired) electrons. The molecule has 1 fully saturated rings. The summed E-state index contributed by atoms with van der Waals surface area (Å²) in [4.78, 5) is 8.27. The normalized spacial score (nSPS) is 20.8. The summed E-state index contributed by atoms with van der Waals surface area (Å²) in [5, 5.41) is 0. The molecule has 1 aromatic heterocycles. The van der Waals surface area contributed by atoms with Crippen LogP contribution in [0.4, 0.5) is 0 Å². The molecular formula is C8H11N3. The SMILES string of the molecule is NC1(c2ncccn2)CCC1. The summed E-state index contributed by atoms with van der Waals surface area (Å²) in [5.74, 6) is 0.797. The molecule has 1 saturated carbocycles. The highest BCUT2D eigenvalue weighted by atomic mass is 15.0. The molecule has 58 valence electrons. The summed E-state index contributed by atoms with van der Waals surface area (Å²) in [6, 6.07) is 1.81. The maximum absolute atomic E-state index is 6.00. The molecule has 0 bridgehead atoms. The lowest BCUT2D eigenvalue weighted by Crippen LogP contribution is -2.44. The Bertz CT molecular complexity index is 241. The van der Waals surface area contributed by atoms with Gasteiger partial charge in [-0.15, -0.1) is 0 Å². The third-order valence-electron chi connectivity index (χ3n) is 2.26. The number of nitrogens with zero attached hydrogens (tertiary/aromatic N) is 2. The Morgan fingerprint density at radius 1 is 1.27 bits per heavy atom. The van der Waals surface area contributed by atoms with Crippen molar-refractivity contribution >= 4 is 0 Å².